The number of ketones is 1. The minimum absolute atomic E-state index is 0.133. The van der Waals surface area contributed by atoms with Crippen LogP contribution in [-0.4, -0.2) is 56.0 Å². The minimum Gasteiger partial charge on any atom is -0.314 e. The Kier molecular flexibility index (Phi) is 4.11. The number of carbonyl (C=O) groups excluding carboxylic acids is 1. The van der Waals surface area contributed by atoms with Crippen LogP contribution in [0.1, 0.15) is 19.3 Å². The number of nitrogens with zero attached hydrogens (tertiary/aromatic N) is 1. The Labute approximate surface area is 91.4 Å². The lowest BCUT2D eigenvalue weighted by atomic mass is 10.0. The number of piperidine rings is 1. The molecule has 0 amide bonds. The number of carbonyl (C=O) groups is 1. The van der Waals surface area contributed by atoms with Crippen molar-refractivity contribution in [3.8, 4) is 0 Å². The highest BCUT2D eigenvalue weighted by atomic mass is 16.1. The fourth-order valence-corrected chi connectivity index (χ4v) is 2.33. The van der Waals surface area contributed by atoms with Crippen LogP contribution in [0.25, 0.3) is 0 Å². The maximum atomic E-state index is 11.9. The first kappa shape index (κ1) is 11.0. The predicted octanol–water partition coefficient (Wildman–Crippen LogP) is -0.397. The summed E-state index contributed by atoms with van der Waals surface area (Å²) in [6.45, 7) is 5.71. The molecule has 0 spiro atoms. The summed E-state index contributed by atoms with van der Waals surface area (Å²) in [6.07, 6.45) is 3.45. The molecule has 0 bridgehead atoms. The molecule has 86 valence electrons. The van der Waals surface area contributed by atoms with Gasteiger partial charge in [-0.05, 0) is 19.4 Å². The molecular weight excluding hydrogens is 190 g/mol. The third kappa shape index (κ3) is 3.26. The Balaban J connectivity index is 1.74. The summed E-state index contributed by atoms with van der Waals surface area (Å²) in [5, 5.41) is 6.62. The summed E-state index contributed by atoms with van der Waals surface area (Å²) in [4.78, 5) is 14.2. The van der Waals surface area contributed by atoms with Crippen LogP contribution in [0.3, 0.4) is 0 Å². The third-order valence-corrected chi connectivity index (χ3v) is 3.29. The highest BCUT2D eigenvalue weighted by Gasteiger charge is 2.22. The van der Waals surface area contributed by atoms with Crippen molar-refractivity contribution in [1.29, 1.82) is 0 Å². The van der Waals surface area contributed by atoms with Gasteiger partial charge in [-0.2, -0.15) is 0 Å². The number of hydrogen-bond acceptors (Lipinski definition) is 4. The van der Waals surface area contributed by atoms with Crippen molar-refractivity contribution in [2.24, 2.45) is 0 Å². The van der Waals surface area contributed by atoms with Gasteiger partial charge in [0.2, 0.25) is 0 Å². The number of rotatable bonds is 3. The molecular formula is C11H21N3O. The van der Waals surface area contributed by atoms with E-state index in [1.54, 1.807) is 0 Å². The fourth-order valence-electron chi connectivity index (χ4n) is 2.33. The maximum absolute atomic E-state index is 11.9. The van der Waals surface area contributed by atoms with Crippen molar-refractivity contribution in [3.63, 3.8) is 0 Å². The minimum atomic E-state index is 0.133. The Hall–Kier alpha value is -0.450. The second kappa shape index (κ2) is 5.58. The first-order valence-electron chi connectivity index (χ1n) is 6.05. The smallest absolute Gasteiger partial charge is 0.163 e. The van der Waals surface area contributed by atoms with Crippen molar-refractivity contribution in [2.45, 2.75) is 25.3 Å². The number of hydrogen-bond donors (Lipinski definition) is 2. The summed E-state index contributed by atoms with van der Waals surface area (Å²) >= 11 is 0. The Morgan fingerprint density at radius 3 is 2.67 bits per heavy atom. The van der Waals surface area contributed by atoms with Crippen molar-refractivity contribution < 1.29 is 4.79 Å². The van der Waals surface area contributed by atoms with E-state index in [9.17, 15) is 4.79 Å². The quantitative estimate of drug-likeness (QED) is 0.667. The number of nitrogens with one attached hydrogen (secondary N) is 2. The molecule has 2 fully saturated rings. The van der Waals surface area contributed by atoms with E-state index < -0.39 is 0 Å². The van der Waals surface area contributed by atoms with E-state index in [1.165, 1.54) is 12.8 Å². The molecule has 2 heterocycles. The summed E-state index contributed by atoms with van der Waals surface area (Å²) in [5.74, 6) is 0.386. The van der Waals surface area contributed by atoms with Gasteiger partial charge in [0.05, 0.1) is 12.6 Å². The number of piperazine rings is 1. The molecule has 4 nitrogen and oxygen atoms in total. The zero-order valence-electron chi connectivity index (χ0n) is 9.30. The Morgan fingerprint density at radius 2 is 2.00 bits per heavy atom. The highest BCUT2D eigenvalue weighted by Crippen LogP contribution is 2.08. The van der Waals surface area contributed by atoms with E-state index in [2.05, 4.69) is 15.5 Å². The predicted molar refractivity (Wildman–Crippen MR) is 60.0 cm³/mol. The summed E-state index contributed by atoms with van der Waals surface area (Å²) in [5.41, 5.74) is 0. The van der Waals surface area contributed by atoms with Gasteiger partial charge in [0.15, 0.2) is 5.78 Å². The molecule has 15 heavy (non-hydrogen) atoms. The molecule has 2 N–H and O–H groups in total. The monoisotopic (exact) mass is 211 g/mol. The van der Waals surface area contributed by atoms with E-state index in [0.717, 1.165) is 39.1 Å². The van der Waals surface area contributed by atoms with Gasteiger partial charge >= 0.3 is 0 Å². The van der Waals surface area contributed by atoms with Crippen LogP contribution < -0.4 is 10.6 Å². The zero-order valence-corrected chi connectivity index (χ0v) is 9.30. The van der Waals surface area contributed by atoms with Crippen LogP contribution in [0.15, 0.2) is 0 Å². The van der Waals surface area contributed by atoms with E-state index in [4.69, 9.17) is 0 Å². The Morgan fingerprint density at radius 1 is 1.20 bits per heavy atom. The lowest BCUT2D eigenvalue weighted by Crippen LogP contribution is -2.50. The van der Waals surface area contributed by atoms with Gasteiger partial charge < -0.3 is 10.6 Å². The first-order valence-corrected chi connectivity index (χ1v) is 6.05. The largest absolute Gasteiger partial charge is 0.314 e. The van der Waals surface area contributed by atoms with Gasteiger partial charge in [0, 0.05) is 26.2 Å². The van der Waals surface area contributed by atoms with Gasteiger partial charge in [0.1, 0.15) is 0 Å². The van der Waals surface area contributed by atoms with E-state index in [1.807, 2.05) is 0 Å². The fraction of sp³-hybridized carbons (Fsp3) is 0.909. The van der Waals surface area contributed by atoms with Crippen molar-refractivity contribution >= 4 is 5.78 Å². The normalized spacial score (nSPS) is 28.9. The topological polar surface area (TPSA) is 44.4 Å². The van der Waals surface area contributed by atoms with E-state index in [-0.39, 0.29) is 6.04 Å². The van der Waals surface area contributed by atoms with Gasteiger partial charge in [0.25, 0.3) is 0 Å². The molecule has 2 aliphatic rings. The lowest BCUT2D eigenvalue weighted by molar-refractivity contribution is -0.122. The first-order chi connectivity index (χ1) is 7.36. The van der Waals surface area contributed by atoms with Crippen LogP contribution in [0, 0.1) is 0 Å². The Bertz CT molecular complexity index is 208. The average Bonchev–Trinajstić information content (AvgIpc) is 2.31. The molecule has 1 atom stereocenters. The van der Waals surface area contributed by atoms with Gasteiger partial charge in [-0.25, -0.2) is 0 Å². The lowest BCUT2D eigenvalue weighted by Gasteiger charge is -2.29. The second-order valence-electron chi connectivity index (χ2n) is 4.49. The molecule has 0 aromatic rings. The molecule has 2 saturated heterocycles. The van der Waals surface area contributed by atoms with Gasteiger partial charge in [-0.15, -0.1) is 0 Å². The van der Waals surface area contributed by atoms with E-state index >= 15 is 0 Å². The van der Waals surface area contributed by atoms with Crippen LogP contribution in [-0.2, 0) is 4.79 Å². The molecule has 4 heteroatoms. The molecule has 0 aliphatic carbocycles. The van der Waals surface area contributed by atoms with Crippen molar-refractivity contribution in [1.82, 2.24) is 15.5 Å². The molecule has 2 aliphatic heterocycles. The van der Waals surface area contributed by atoms with Crippen LogP contribution in [0.5, 0.6) is 0 Å². The number of Topliss-reactive ketones (excluding diaryl/α,β-unsaturated/α-hetero) is 1. The maximum Gasteiger partial charge on any atom is 0.163 e. The molecule has 0 aromatic carbocycles. The van der Waals surface area contributed by atoms with E-state index in [0.29, 0.717) is 12.3 Å². The third-order valence-electron chi connectivity index (χ3n) is 3.29. The van der Waals surface area contributed by atoms with Crippen LogP contribution in [0.4, 0.5) is 0 Å². The van der Waals surface area contributed by atoms with Crippen LogP contribution in [0.2, 0.25) is 0 Å². The van der Waals surface area contributed by atoms with Crippen molar-refractivity contribution in [2.75, 3.05) is 39.3 Å². The van der Waals surface area contributed by atoms with Crippen LogP contribution >= 0.6 is 0 Å². The highest BCUT2D eigenvalue weighted by molar-refractivity contribution is 5.86. The molecule has 0 saturated carbocycles. The zero-order chi connectivity index (χ0) is 10.5. The molecule has 1 unspecified atom stereocenters. The summed E-state index contributed by atoms with van der Waals surface area (Å²) < 4.78 is 0. The van der Waals surface area contributed by atoms with Gasteiger partial charge in [-0.1, -0.05) is 6.42 Å². The second-order valence-corrected chi connectivity index (χ2v) is 4.49. The average molecular weight is 211 g/mol. The standard InChI is InChI=1S/C11H21N3O/c15-11(10-3-1-2-4-13-10)9-14-7-5-12-6-8-14/h10,12-13H,1-9H2. The molecule has 0 aromatic heterocycles. The SMILES string of the molecule is O=C(CN1CCNCC1)C1CCCCN1. The van der Waals surface area contributed by atoms with Crippen molar-refractivity contribution in [3.05, 3.63) is 0 Å². The molecule has 0 radical (unpaired) electrons. The van der Waals surface area contributed by atoms with Gasteiger partial charge in [-0.3, -0.25) is 9.69 Å². The summed E-state index contributed by atoms with van der Waals surface area (Å²) in [6, 6.07) is 0.133. The summed E-state index contributed by atoms with van der Waals surface area (Å²) in [7, 11) is 0. The molecule has 2 rings (SSSR count).